The Bertz CT molecular complexity index is 153. The second-order valence-corrected chi connectivity index (χ2v) is 2.28. The summed E-state index contributed by atoms with van der Waals surface area (Å²) in [6, 6.07) is -0.553. The molecule has 0 aliphatic rings. The first-order chi connectivity index (χ1) is 6.19. The summed E-state index contributed by atoms with van der Waals surface area (Å²) < 4.78 is 77.7. The van der Waals surface area contributed by atoms with Crippen molar-refractivity contribution >= 4 is 11.6 Å². The van der Waals surface area contributed by atoms with Crippen molar-refractivity contribution in [3.05, 3.63) is 0 Å². The maximum absolute atomic E-state index is 11.7. The second kappa shape index (κ2) is 5.04. The van der Waals surface area contributed by atoms with E-state index in [1.54, 1.807) is 0 Å². The molecular formula is C5H5ClF6O2. The fourth-order valence-electron chi connectivity index (χ4n) is 0.522. The standard InChI is InChI=1S/C5H5ClF6O2/c6-1-13-2-14-3(4(7,8)9)5(10,11)12/h3H,1-2H2. The Balaban J connectivity index is 4.28. The van der Waals surface area contributed by atoms with Crippen molar-refractivity contribution in [2.75, 3.05) is 12.9 Å². The molecule has 9 heteroatoms. The summed E-state index contributed by atoms with van der Waals surface area (Å²) in [6.07, 6.45) is -14.9. The van der Waals surface area contributed by atoms with Gasteiger partial charge < -0.3 is 9.47 Å². The Morgan fingerprint density at radius 3 is 1.71 bits per heavy atom. The largest absolute Gasteiger partial charge is 0.423 e. The molecule has 0 saturated carbocycles. The Labute approximate surface area is 79.7 Å². The first kappa shape index (κ1) is 13.8. The molecule has 0 aromatic heterocycles. The van der Waals surface area contributed by atoms with Gasteiger partial charge in [-0.25, -0.2) is 0 Å². The quantitative estimate of drug-likeness (QED) is 0.329. The van der Waals surface area contributed by atoms with Crippen LogP contribution in [0.2, 0.25) is 0 Å². The van der Waals surface area contributed by atoms with E-state index in [2.05, 4.69) is 9.47 Å². The molecule has 0 amide bonds. The summed E-state index contributed by atoms with van der Waals surface area (Å²) >= 11 is 4.85. The zero-order chi connectivity index (χ0) is 11.4. The van der Waals surface area contributed by atoms with Gasteiger partial charge in [-0.2, -0.15) is 26.3 Å². The van der Waals surface area contributed by atoms with E-state index in [-0.39, 0.29) is 0 Å². The third-order valence-electron chi connectivity index (χ3n) is 0.990. The average Bonchev–Trinajstić information content (AvgIpc) is 1.92. The van der Waals surface area contributed by atoms with Gasteiger partial charge in [-0.05, 0) is 0 Å². The summed E-state index contributed by atoms with van der Waals surface area (Å²) in [5.74, 6) is 0. The van der Waals surface area contributed by atoms with Gasteiger partial charge in [-0.1, -0.05) is 11.6 Å². The number of ether oxygens (including phenoxy) is 2. The molecule has 0 aliphatic carbocycles. The summed E-state index contributed by atoms with van der Waals surface area (Å²) in [5.41, 5.74) is 0. The summed E-state index contributed by atoms with van der Waals surface area (Å²) in [7, 11) is 0. The molecular weight excluding hydrogens is 241 g/mol. The van der Waals surface area contributed by atoms with Gasteiger partial charge in [-0.3, -0.25) is 0 Å². The molecule has 0 heterocycles. The van der Waals surface area contributed by atoms with Crippen LogP contribution in [0.1, 0.15) is 0 Å². The number of halogens is 7. The lowest BCUT2D eigenvalue weighted by Crippen LogP contribution is -2.44. The number of hydrogen-bond donors (Lipinski definition) is 0. The van der Waals surface area contributed by atoms with Crippen LogP contribution in [-0.4, -0.2) is 31.3 Å². The predicted molar refractivity (Wildman–Crippen MR) is 33.7 cm³/mol. The lowest BCUT2D eigenvalue weighted by molar-refractivity contribution is -0.334. The minimum atomic E-state index is -5.52. The molecule has 0 radical (unpaired) electrons. The van der Waals surface area contributed by atoms with E-state index in [9.17, 15) is 26.3 Å². The maximum Gasteiger partial charge on any atom is 0.423 e. The highest BCUT2D eigenvalue weighted by atomic mass is 35.5. The molecule has 0 aromatic carbocycles. The van der Waals surface area contributed by atoms with Crippen LogP contribution in [-0.2, 0) is 9.47 Å². The van der Waals surface area contributed by atoms with E-state index in [4.69, 9.17) is 11.6 Å². The van der Waals surface area contributed by atoms with Gasteiger partial charge in [0.1, 0.15) is 12.9 Å². The highest BCUT2D eigenvalue weighted by Crippen LogP contribution is 2.35. The van der Waals surface area contributed by atoms with Crippen molar-refractivity contribution in [1.29, 1.82) is 0 Å². The van der Waals surface area contributed by atoms with Crippen LogP contribution >= 0.6 is 11.6 Å². The molecule has 0 atom stereocenters. The van der Waals surface area contributed by atoms with E-state index < -0.39 is 31.3 Å². The van der Waals surface area contributed by atoms with Crippen molar-refractivity contribution < 1.29 is 35.8 Å². The van der Waals surface area contributed by atoms with Crippen molar-refractivity contribution in [3.8, 4) is 0 Å². The van der Waals surface area contributed by atoms with Crippen LogP contribution in [0, 0.1) is 0 Å². The van der Waals surface area contributed by atoms with E-state index in [1.165, 1.54) is 0 Å². The smallest absolute Gasteiger partial charge is 0.340 e. The fraction of sp³-hybridized carbons (Fsp3) is 1.00. The molecule has 0 unspecified atom stereocenters. The van der Waals surface area contributed by atoms with E-state index in [0.29, 0.717) is 0 Å². The highest BCUT2D eigenvalue weighted by Gasteiger charge is 2.58. The Hall–Kier alpha value is -0.210. The molecule has 0 aromatic rings. The van der Waals surface area contributed by atoms with Gasteiger partial charge >= 0.3 is 12.4 Å². The third-order valence-corrected chi connectivity index (χ3v) is 1.14. The topological polar surface area (TPSA) is 18.5 Å². The first-order valence-electron chi connectivity index (χ1n) is 3.08. The van der Waals surface area contributed by atoms with E-state index in [1.807, 2.05) is 0 Å². The van der Waals surface area contributed by atoms with Crippen LogP contribution < -0.4 is 0 Å². The van der Waals surface area contributed by atoms with Gasteiger partial charge in [-0.15, -0.1) is 0 Å². The molecule has 86 valence electrons. The van der Waals surface area contributed by atoms with Crippen molar-refractivity contribution in [2.24, 2.45) is 0 Å². The van der Waals surface area contributed by atoms with Crippen LogP contribution in [0.3, 0.4) is 0 Å². The lowest BCUT2D eigenvalue weighted by atomic mass is 10.3. The summed E-state index contributed by atoms with van der Waals surface area (Å²) in [5, 5.41) is 0. The van der Waals surface area contributed by atoms with Gasteiger partial charge in [0.15, 0.2) is 0 Å². The fourth-order valence-corrected chi connectivity index (χ4v) is 0.585. The number of hydrogen-bond acceptors (Lipinski definition) is 2. The van der Waals surface area contributed by atoms with Crippen LogP contribution in [0.5, 0.6) is 0 Å². The van der Waals surface area contributed by atoms with Gasteiger partial charge in [0.05, 0.1) is 0 Å². The highest BCUT2D eigenvalue weighted by molar-refractivity contribution is 6.17. The van der Waals surface area contributed by atoms with Gasteiger partial charge in [0.25, 0.3) is 6.10 Å². The van der Waals surface area contributed by atoms with E-state index >= 15 is 0 Å². The van der Waals surface area contributed by atoms with Crippen LogP contribution in [0.25, 0.3) is 0 Å². The van der Waals surface area contributed by atoms with Crippen molar-refractivity contribution in [2.45, 2.75) is 18.5 Å². The third kappa shape index (κ3) is 4.87. The minimum absolute atomic E-state index is 0.553. The summed E-state index contributed by atoms with van der Waals surface area (Å²) in [4.78, 5) is 0. The number of alkyl halides is 7. The van der Waals surface area contributed by atoms with Crippen molar-refractivity contribution in [3.63, 3.8) is 0 Å². The molecule has 14 heavy (non-hydrogen) atoms. The molecule has 0 fully saturated rings. The molecule has 0 aliphatic heterocycles. The van der Waals surface area contributed by atoms with Crippen LogP contribution in [0.15, 0.2) is 0 Å². The normalized spacial score (nSPS) is 13.7. The molecule has 0 rings (SSSR count). The Morgan fingerprint density at radius 1 is 1.00 bits per heavy atom. The molecule has 0 saturated heterocycles. The molecule has 0 N–H and O–H groups in total. The molecule has 2 nitrogen and oxygen atoms in total. The van der Waals surface area contributed by atoms with Crippen molar-refractivity contribution in [1.82, 2.24) is 0 Å². The molecule has 0 bridgehead atoms. The van der Waals surface area contributed by atoms with Gasteiger partial charge in [0, 0.05) is 0 Å². The monoisotopic (exact) mass is 246 g/mol. The summed E-state index contributed by atoms with van der Waals surface area (Å²) in [6.45, 7) is -1.17. The Morgan fingerprint density at radius 2 is 1.43 bits per heavy atom. The number of rotatable bonds is 4. The van der Waals surface area contributed by atoms with Gasteiger partial charge in [0.2, 0.25) is 0 Å². The zero-order valence-corrected chi connectivity index (χ0v) is 7.21. The lowest BCUT2D eigenvalue weighted by Gasteiger charge is -2.22. The predicted octanol–water partition coefficient (Wildman–Crippen LogP) is 2.67. The first-order valence-corrected chi connectivity index (χ1v) is 3.61. The minimum Gasteiger partial charge on any atom is -0.340 e. The zero-order valence-electron chi connectivity index (χ0n) is 6.45. The maximum atomic E-state index is 11.7. The van der Waals surface area contributed by atoms with Crippen LogP contribution in [0.4, 0.5) is 26.3 Å². The second-order valence-electron chi connectivity index (χ2n) is 2.06. The van der Waals surface area contributed by atoms with E-state index in [0.717, 1.165) is 0 Å². The average molecular weight is 247 g/mol. The molecule has 0 spiro atoms. The Kier molecular flexibility index (Phi) is 4.96. The SMILES string of the molecule is FC(F)(F)C(OCOCCl)C(F)(F)F.